The van der Waals surface area contributed by atoms with E-state index < -0.39 is 5.56 Å². The summed E-state index contributed by atoms with van der Waals surface area (Å²) in [7, 11) is 1.56. The summed E-state index contributed by atoms with van der Waals surface area (Å²) in [4.78, 5) is 12.5. The molecule has 1 aromatic heterocycles. The van der Waals surface area contributed by atoms with E-state index in [0.717, 1.165) is 15.8 Å². The Morgan fingerprint density at radius 3 is 2.69 bits per heavy atom. The summed E-state index contributed by atoms with van der Waals surface area (Å²) in [5, 5.41) is 11.4. The molecular weight excluding hydrogens is 350 g/mol. The molecule has 0 unspecified atom stereocenters. The van der Waals surface area contributed by atoms with Crippen molar-refractivity contribution in [3.05, 3.63) is 70.0 Å². The van der Waals surface area contributed by atoms with Gasteiger partial charge < -0.3 is 15.9 Å². The summed E-state index contributed by atoms with van der Waals surface area (Å²) >= 11 is 1.35. The summed E-state index contributed by atoms with van der Waals surface area (Å²) in [5.74, 6) is 7.20. The van der Waals surface area contributed by atoms with Crippen molar-refractivity contribution in [2.75, 3.05) is 18.3 Å². The molecule has 0 aliphatic heterocycles. The van der Waals surface area contributed by atoms with Crippen LogP contribution in [-0.2, 0) is 5.75 Å². The van der Waals surface area contributed by atoms with Crippen LogP contribution >= 0.6 is 11.8 Å². The zero-order chi connectivity index (χ0) is 18.5. The fourth-order valence-corrected chi connectivity index (χ4v) is 3.14. The fourth-order valence-electron chi connectivity index (χ4n) is 2.33. The monoisotopic (exact) mass is 369 g/mol. The molecule has 0 bridgehead atoms. The van der Waals surface area contributed by atoms with Crippen molar-refractivity contribution in [1.29, 1.82) is 0 Å². The van der Waals surface area contributed by atoms with Crippen LogP contribution in [0.5, 0.6) is 5.75 Å². The van der Waals surface area contributed by atoms with Crippen molar-refractivity contribution < 1.29 is 4.74 Å². The summed E-state index contributed by atoms with van der Waals surface area (Å²) < 4.78 is 6.30. The molecule has 3 rings (SSSR count). The first-order valence-corrected chi connectivity index (χ1v) is 8.90. The number of aromatic nitrogens is 3. The Hall–Kier alpha value is -3.00. The van der Waals surface area contributed by atoms with E-state index in [0.29, 0.717) is 22.3 Å². The van der Waals surface area contributed by atoms with Gasteiger partial charge in [0.25, 0.3) is 0 Å². The molecule has 1 heterocycles. The number of thioether (sulfide) groups is 1. The molecule has 0 saturated carbocycles. The van der Waals surface area contributed by atoms with E-state index in [1.54, 1.807) is 7.11 Å². The van der Waals surface area contributed by atoms with E-state index in [2.05, 4.69) is 15.5 Å². The molecule has 8 heteroatoms. The number of anilines is 2. The Morgan fingerprint density at radius 1 is 1.19 bits per heavy atom. The Balaban J connectivity index is 1.82. The quantitative estimate of drug-likeness (QED) is 0.509. The summed E-state index contributed by atoms with van der Waals surface area (Å²) in [6, 6.07) is 15.5. The fraction of sp³-hybridized carbons (Fsp3) is 0.167. The van der Waals surface area contributed by atoms with Crippen molar-refractivity contribution >= 4 is 23.3 Å². The molecule has 3 N–H and O–H groups in total. The van der Waals surface area contributed by atoms with E-state index in [4.69, 9.17) is 10.6 Å². The van der Waals surface area contributed by atoms with E-state index in [1.165, 1.54) is 11.8 Å². The van der Waals surface area contributed by atoms with Crippen molar-refractivity contribution in [3.8, 4) is 5.75 Å². The predicted molar refractivity (Wildman–Crippen MR) is 103 cm³/mol. The molecule has 0 fully saturated rings. The number of aryl methyl sites for hydroxylation is 1. The minimum Gasteiger partial charge on any atom is -0.495 e. The van der Waals surface area contributed by atoms with Crippen molar-refractivity contribution in [2.24, 2.45) is 0 Å². The van der Waals surface area contributed by atoms with E-state index >= 15 is 0 Å². The summed E-state index contributed by atoms with van der Waals surface area (Å²) in [5.41, 5.74) is 2.30. The molecule has 0 saturated heterocycles. The molecule has 0 aliphatic rings. The topological polar surface area (TPSA) is 95.1 Å². The van der Waals surface area contributed by atoms with Crippen molar-refractivity contribution in [2.45, 2.75) is 17.8 Å². The highest BCUT2D eigenvalue weighted by Gasteiger charge is 2.13. The lowest BCUT2D eigenvalue weighted by Gasteiger charge is -2.12. The maximum absolute atomic E-state index is 12.5. The van der Waals surface area contributed by atoms with Crippen molar-refractivity contribution in [3.63, 3.8) is 0 Å². The van der Waals surface area contributed by atoms with Gasteiger partial charge in [-0.1, -0.05) is 48.2 Å². The van der Waals surface area contributed by atoms with Crippen LogP contribution in [0.3, 0.4) is 0 Å². The molecule has 0 radical (unpaired) electrons. The number of ether oxygens (including phenoxy) is 1. The minimum absolute atomic E-state index is 0.0421. The first-order valence-electron chi connectivity index (χ1n) is 7.91. The number of hydrogen-bond acceptors (Lipinski definition) is 7. The second-order valence-corrected chi connectivity index (χ2v) is 6.55. The molecule has 0 aliphatic carbocycles. The van der Waals surface area contributed by atoms with E-state index in [-0.39, 0.29) is 5.82 Å². The van der Waals surface area contributed by atoms with Crippen LogP contribution < -0.4 is 21.5 Å². The number of hydrogen-bond donors (Lipinski definition) is 2. The number of nitrogen functional groups attached to an aromatic ring is 1. The maximum Gasteiger partial charge on any atom is 0.315 e. The second-order valence-electron chi connectivity index (χ2n) is 5.61. The third-order valence-corrected chi connectivity index (χ3v) is 4.70. The van der Waals surface area contributed by atoms with Crippen LogP contribution in [-0.4, -0.2) is 22.0 Å². The molecule has 2 aromatic carbocycles. The Kier molecular flexibility index (Phi) is 5.43. The zero-order valence-corrected chi connectivity index (χ0v) is 15.3. The Morgan fingerprint density at radius 2 is 1.96 bits per heavy atom. The maximum atomic E-state index is 12.5. The minimum atomic E-state index is -0.459. The number of nitrogens with zero attached hydrogens (tertiary/aromatic N) is 3. The molecule has 3 aromatic rings. The van der Waals surface area contributed by atoms with Gasteiger partial charge in [-0.05, 0) is 30.2 Å². The molecular formula is C18H19N5O2S. The van der Waals surface area contributed by atoms with Gasteiger partial charge >= 0.3 is 5.56 Å². The normalized spacial score (nSPS) is 10.5. The molecule has 134 valence electrons. The van der Waals surface area contributed by atoms with Gasteiger partial charge in [0.2, 0.25) is 11.0 Å². The van der Waals surface area contributed by atoms with Crippen LogP contribution in [0.1, 0.15) is 11.1 Å². The summed E-state index contributed by atoms with van der Waals surface area (Å²) in [6.45, 7) is 1.95. The summed E-state index contributed by atoms with van der Waals surface area (Å²) in [6.07, 6.45) is 0. The van der Waals surface area contributed by atoms with Crippen LogP contribution in [0.25, 0.3) is 0 Å². The third-order valence-electron chi connectivity index (χ3n) is 3.68. The van der Waals surface area contributed by atoms with Crippen LogP contribution in [0.2, 0.25) is 0 Å². The highest BCUT2D eigenvalue weighted by molar-refractivity contribution is 7.98. The average Bonchev–Trinajstić information content (AvgIpc) is 2.66. The van der Waals surface area contributed by atoms with Gasteiger partial charge in [0.1, 0.15) is 5.75 Å². The number of methoxy groups -OCH3 is 1. The largest absolute Gasteiger partial charge is 0.495 e. The van der Waals surface area contributed by atoms with E-state index in [9.17, 15) is 4.79 Å². The Bertz CT molecular complexity index is 960. The lowest BCUT2D eigenvalue weighted by atomic mass is 10.2. The average molecular weight is 369 g/mol. The zero-order valence-electron chi connectivity index (χ0n) is 14.5. The molecule has 7 nitrogen and oxygen atoms in total. The standard InChI is InChI=1S/C18H19N5O2S/c1-12-8-9-15(25-2)14(10-12)20-16-17(24)23(19)18(22-21-16)26-11-13-6-4-3-5-7-13/h3-10H,11,19H2,1-2H3,(H,20,21). The molecule has 26 heavy (non-hydrogen) atoms. The number of benzene rings is 2. The number of nitrogens with two attached hydrogens (primary N) is 1. The third kappa shape index (κ3) is 3.97. The lowest BCUT2D eigenvalue weighted by Crippen LogP contribution is -2.32. The molecule has 0 amide bonds. The highest BCUT2D eigenvalue weighted by Crippen LogP contribution is 2.27. The van der Waals surface area contributed by atoms with Gasteiger partial charge in [-0.15, -0.1) is 10.2 Å². The van der Waals surface area contributed by atoms with Gasteiger partial charge in [0.05, 0.1) is 12.8 Å². The molecule has 0 spiro atoms. The number of rotatable bonds is 6. The Labute approximate surface area is 155 Å². The van der Waals surface area contributed by atoms with Gasteiger partial charge in [-0.2, -0.15) is 4.68 Å². The van der Waals surface area contributed by atoms with Crippen molar-refractivity contribution in [1.82, 2.24) is 14.9 Å². The number of nitrogens with one attached hydrogen (secondary N) is 1. The molecule has 0 atom stereocenters. The SMILES string of the molecule is COc1ccc(C)cc1Nc1nnc(SCc2ccccc2)n(N)c1=O. The van der Waals surface area contributed by atoms with E-state index in [1.807, 2.05) is 55.5 Å². The lowest BCUT2D eigenvalue weighted by molar-refractivity contribution is 0.416. The van der Waals surface area contributed by atoms with Gasteiger partial charge in [-0.25, -0.2) is 0 Å². The first-order chi connectivity index (χ1) is 12.6. The first kappa shape index (κ1) is 17.8. The van der Waals surface area contributed by atoms with Crippen LogP contribution in [0.15, 0.2) is 58.5 Å². The van der Waals surface area contributed by atoms with Gasteiger partial charge in [-0.3, -0.25) is 4.79 Å². The van der Waals surface area contributed by atoms with Gasteiger partial charge in [0, 0.05) is 5.75 Å². The van der Waals surface area contributed by atoms with Crippen LogP contribution in [0.4, 0.5) is 11.5 Å². The second kappa shape index (κ2) is 7.92. The smallest absolute Gasteiger partial charge is 0.315 e. The van der Waals surface area contributed by atoms with Gasteiger partial charge in [0.15, 0.2) is 0 Å². The van der Waals surface area contributed by atoms with Crippen LogP contribution in [0, 0.1) is 6.92 Å². The highest BCUT2D eigenvalue weighted by atomic mass is 32.2. The predicted octanol–water partition coefficient (Wildman–Crippen LogP) is 2.71.